The normalized spacial score (nSPS) is 15.3. The number of benzene rings is 2. The third-order valence-electron chi connectivity index (χ3n) is 7.73. The second kappa shape index (κ2) is 15.9. The molecule has 0 unspecified atom stereocenters. The van der Waals surface area contributed by atoms with E-state index < -0.39 is 0 Å². The first kappa shape index (κ1) is 31.8. The number of fused-ring (bicyclic) bond motifs is 1. The number of likely N-dealkylation sites (tertiary alicyclic amines) is 1. The van der Waals surface area contributed by atoms with Gasteiger partial charge in [0.25, 0.3) is 0 Å². The molecule has 1 saturated heterocycles. The Hall–Kier alpha value is -2.37. The molecular formula is C33H53FN4. The van der Waals surface area contributed by atoms with Crippen LogP contribution in [0.2, 0.25) is 0 Å². The molecule has 2 heterocycles. The highest BCUT2D eigenvalue weighted by Gasteiger charge is 2.28. The fourth-order valence-electron chi connectivity index (χ4n) is 5.49. The predicted octanol–water partition coefficient (Wildman–Crippen LogP) is 8.64. The lowest BCUT2D eigenvalue weighted by atomic mass is 9.98. The first-order valence-corrected chi connectivity index (χ1v) is 14.8. The van der Waals surface area contributed by atoms with Crippen molar-refractivity contribution in [2.75, 3.05) is 30.3 Å². The maximum absolute atomic E-state index is 14.1. The van der Waals surface area contributed by atoms with Gasteiger partial charge in [0.1, 0.15) is 11.6 Å². The van der Waals surface area contributed by atoms with Crippen LogP contribution in [0.3, 0.4) is 0 Å². The molecule has 4 rings (SSSR count). The molecule has 0 aromatic heterocycles. The molecule has 2 N–H and O–H groups in total. The van der Waals surface area contributed by atoms with Gasteiger partial charge in [-0.3, -0.25) is 9.80 Å². The van der Waals surface area contributed by atoms with E-state index in [9.17, 15) is 4.39 Å². The Bertz CT molecular complexity index is 973. The summed E-state index contributed by atoms with van der Waals surface area (Å²) >= 11 is 0. The summed E-state index contributed by atoms with van der Waals surface area (Å²) in [5, 5.41) is 6.32. The van der Waals surface area contributed by atoms with Gasteiger partial charge in [0, 0.05) is 24.2 Å². The van der Waals surface area contributed by atoms with Crippen LogP contribution >= 0.6 is 0 Å². The van der Waals surface area contributed by atoms with Gasteiger partial charge in [-0.05, 0) is 107 Å². The zero-order valence-electron chi connectivity index (χ0n) is 25.4. The van der Waals surface area contributed by atoms with Crippen LogP contribution in [0, 0.1) is 26.6 Å². The van der Waals surface area contributed by atoms with E-state index in [0.717, 1.165) is 54.0 Å². The summed E-state index contributed by atoms with van der Waals surface area (Å²) < 4.78 is 14.1. The summed E-state index contributed by atoms with van der Waals surface area (Å²) in [5.74, 6) is 0.803. The van der Waals surface area contributed by atoms with Gasteiger partial charge < -0.3 is 10.6 Å². The zero-order chi connectivity index (χ0) is 28.2. The van der Waals surface area contributed by atoms with E-state index in [1.54, 1.807) is 6.07 Å². The minimum absolute atomic E-state index is 0.0539. The van der Waals surface area contributed by atoms with Crippen molar-refractivity contribution in [1.29, 1.82) is 0 Å². The van der Waals surface area contributed by atoms with Gasteiger partial charge in [-0.1, -0.05) is 53.3 Å². The number of piperidine rings is 1. The molecule has 4 nitrogen and oxygen atoms in total. The van der Waals surface area contributed by atoms with Crippen LogP contribution in [0.1, 0.15) is 89.0 Å². The molecular weight excluding hydrogens is 471 g/mol. The third kappa shape index (κ3) is 8.84. The molecule has 0 saturated carbocycles. The molecule has 2 aromatic rings. The lowest BCUT2D eigenvalue weighted by Gasteiger charge is -2.42. The summed E-state index contributed by atoms with van der Waals surface area (Å²) in [5.41, 5.74) is 6.70. The smallest absolute Gasteiger partial charge is 0.127 e. The van der Waals surface area contributed by atoms with E-state index in [-0.39, 0.29) is 5.82 Å². The van der Waals surface area contributed by atoms with Crippen molar-refractivity contribution in [3.63, 3.8) is 0 Å². The average Bonchev–Trinajstić information content (AvgIpc) is 3.26. The number of anilines is 2. The summed E-state index contributed by atoms with van der Waals surface area (Å²) in [6.45, 7) is 25.0. The van der Waals surface area contributed by atoms with Crippen LogP contribution in [-0.2, 0) is 6.54 Å². The van der Waals surface area contributed by atoms with Gasteiger partial charge in [0.2, 0.25) is 0 Å². The molecule has 2 aliphatic rings. The van der Waals surface area contributed by atoms with Crippen LogP contribution < -0.4 is 10.6 Å². The SMILES string of the molecule is C=C1Nc2cc(C)c(C)cc2N1.CC.CCCN(C(CC)CC)C1CCN(Cc2ccc(C)cc2F)CC1. The lowest BCUT2D eigenvalue weighted by molar-refractivity contribution is 0.0666. The molecule has 38 heavy (non-hydrogen) atoms. The summed E-state index contributed by atoms with van der Waals surface area (Å²) in [6.07, 6.45) is 6.13. The Kier molecular flexibility index (Phi) is 13.3. The van der Waals surface area contributed by atoms with E-state index in [0.29, 0.717) is 6.04 Å². The monoisotopic (exact) mass is 524 g/mol. The number of halogens is 1. The van der Waals surface area contributed by atoms with Gasteiger partial charge in [-0.2, -0.15) is 0 Å². The number of nitrogens with one attached hydrogen (secondary N) is 2. The van der Waals surface area contributed by atoms with Crippen molar-refractivity contribution in [2.24, 2.45) is 0 Å². The van der Waals surface area contributed by atoms with Gasteiger partial charge in [0.05, 0.1) is 11.4 Å². The Morgan fingerprint density at radius 3 is 1.97 bits per heavy atom. The highest BCUT2D eigenvalue weighted by Crippen LogP contribution is 2.32. The number of hydrogen-bond donors (Lipinski definition) is 2. The quantitative estimate of drug-likeness (QED) is 0.362. The molecule has 0 aliphatic carbocycles. The third-order valence-corrected chi connectivity index (χ3v) is 7.73. The molecule has 2 aromatic carbocycles. The van der Waals surface area contributed by atoms with Crippen molar-refractivity contribution in [3.8, 4) is 0 Å². The molecule has 2 aliphatic heterocycles. The standard InChI is InChI=1S/C21H35FN2.C10H12N2.C2H6/c1-5-12-24(19(6-2)7-3)20-10-13-23(14-11-20)16-18-9-8-17(4)15-21(18)22;1-6-4-9-10(5-7(6)2)12-8(3)11-9;1-2/h8-9,15,19-20H,5-7,10-14,16H2,1-4H3;4-5,11-12H,3H2,1-2H3;1-2H3. The van der Waals surface area contributed by atoms with Gasteiger partial charge in [0.15, 0.2) is 0 Å². The van der Waals surface area contributed by atoms with Crippen LogP contribution in [0.5, 0.6) is 0 Å². The Balaban J connectivity index is 0.000000301. The molecule has 1 fully saturated rings. The molecule has 212 valence electrons. The minimum Gasteiger partial charge on any atom is -0.341 e. The number of nitrogens with zero attached hydrogens (tertiary/aromatic N) is 2. The molecule has 5 heteroatoms. The molecule has 0 atom stereocenters. The van der Waals surface area contributed by atoms with E-state index >= 15 is 0 Å². The fourth-order valence-corrected chi connectivity index (χ4v) is 5.49. The Morgan fingerprint density at radius 2 is 1.50 bits per heavy atom. The summed E-state index contributed by atoms with van der Waals surface area (Å²) in [4.78, 5) is 5.17. The maximum atomic E-state index is 14.1. The van der Waals surface area contributed by atoms with Gasteiger partial charge >= 0.3 is 0 Å². The van der Waals surface area contributed by atoms with Crippen LogP contribution in [0.25, 0.3) is 0 Å². The molecule has 0 amide bonds. The first-order chi connectivity index (χ1) is 18.2. The average molecular weight is 525 g/mol. The largest absolute Gasteiger partial charge is 0.341 e. The summed E-state index contributed by atoms with van der Waals surface area (Å²) in [7, 11) is 0. The van der Waals surface area contributed by atoms with Crippen molar-refractivity contribution in [2.45, 2.75) is 106 Å². The number of hydrogen-bond acceptors (Lipinski definition) is 4. The second-order valence-corrected chi connectivity index (χ2v) is 10.5. The topological polar surface area (TPSA) is 30.5 Å². The van der Waals surface area contributed by atoms with Crippen molar-refractivity contribution in [3.05, 3.63) is 70.8 Å². The van der Waals surface area contributed by atoms with Gasteiger partial charge in [-0.15, -0.1) is 0 Å². The molecule has 0 radical (unpaired) electrons. The minimum atomic E-state index is -0.0539. The number of rotatable bonds is 8. The van der Waals surface area contributed by atoms with Crippen molar-refractivity contribution < 1.29 is 4.39 Å². The van der Waals surface area contributed by atoms with E-state index in [2.05, 4.69) is 73.8 Å². The van der Waals surface area contributed by atoms with Crippen LogP contribution in [0.4, 0.5) is 15.8 Å². The molecule has 0 spiro atoms. The maximum Gasteiger partial charge on any atom is 0.127 e. The van der Waals surface area contributed by atoms with E-state index in [1.165, 1.54) is 49.8 Å². The fraction of sp³-hybridized carbons (Fsp3) is 0.576. The van der Waals surface area contributed by atoms with Crippen molar-refractivity contribution in [1.82, 2.24) is 9.80 Å². The van der Waals surface area contributed by atoms with Crippen LogP contribution in [-0.4, -0.2) is 41.5 Å². The zero-order valence-corrected chi connectivity index (χ0v) is 25.4. The molecule has 0 bridgehead atoms. The Labute approximate surface area is 232 Å². The highest BCUT2D eigenvalue weighted by molar-refractivity contribution is 5.80. The van der Waals surface area contributed by atoms with Gasteiger partial charge in [-0.25, -0.2) is 4.39 Å². The first-order valence-electron chi connectivity index (χ1n) is 14.8. The highest BCUT2D eigenvalue weighted by atomic mass is 19.1. The van der Waals surface area contributed by atoms with E-state index in [4.69, 9.17) is 0 Å². The lowest BCUT2D eigenvalue weighted by Crippen LogP contribution is -2.49. The van der Waals surface area contributed by atoms with Crippen LogP contribution in [0.15, 0.2) is 42.7 Å². The second-order valence-electron chi connectivity index (χ2n) is 10.5. The predicted molar refractivity (Wildman–Crippen MR) is 164 cm³/mol. The number of aryl methyl sites for hydroxylation is 3. The van der Waals surface area contributed by atoms with E-state index in [1.807, 2.05) is 32.9 Å². The Morgan fingerprint density at radius 1 is 0.947 bits per heavy atom. The van der Waals surface area contributed by atoms with Crippen molar-refractivity contribution >= 4 is 11.4 Å². The summed E-state index contributed by atoms with van der Waals surface area (Å²) in [6, 6.07) is 11.3.